The molecule has 36 heavy (non-hydrogen) atoms. The molecule has 1 aromatic heterocycles. The molecule has 0 saturated carbocycles. The maximum absolute atomic E-state index is 13.6. The zero-order valence-electron chi connectivity index (χ0n) is 19.9. The van der Waals surface area contributed by atoms with Crippen LogP contribution in [0.3, 0.4) is 0 Å². The van der Waals surface area contributed by atoms with Gasteiger partial charge in [-0.1, -0.05) is 66.7 Å². The molecule has 1 amide bonds. The van der Waals surface area contributed by atoms with Gasteiger partial charge in [-0.3, -0.25) is 4.79 Å². The van der Waals surface area contributed by atoms with Gasteiger partial charge in [0.25, 0.3) is 0 Å². The predicted octanol–water partition coefficient (Wildman–Crippen LogP) is 6.66. The van der Waals surface area contributed by atoms with Crippen LogP contribution < -0.4 is 5.32 Å². The fourth-order valence-corrected chi connectivity index (χ4v) is 6.47. The number of benzene rings is 3. The lowest BCUT2D eigenvalue weighted by atomic mass is 9.67. The van der Waals surface area contributed by atoms with Crippen molar-refractivity contribution < 1.29 is 14.3 Å². The fraction of sp³-hybridized carbons (Fsp3) is 0.161. The summed E-state index contributed by atoms with van der Waals surface area (Å²) in [6.07, 6.45) is 5.02. The summed E-state index contributed by atoms with van der Waals surface area (Å²) in [5.41, 5.74) is 4.69. The van der Waals surface area contributed by atoms with Gasteiger partial charge in [0.05, 0.1) is 11.5 Å². The van der Waals surface area contributed by atoms with E-state index in [1.165, 1.54) is 9.75 Å². The summed E-state index contributed by atoms with van der Waals surface area (Å²) in [5.74, 6) is -0.906. The molecule has 0 bridgehead atoms. The molecule has 1 aliphatic heterocycles. The molecule has 2 heterocycles. The quantitative estimate of drug-likeness (QED) is 0.307. The standard InChI is InChI=1S/C31H25NO3S/c1-20-11-13-24(36-20)18-31(16-15-22-9-5-6-10-26(22)31)28-25-17-23(12-14-27(25)32-29(28)33)30(34)35-19-21-7-3-2-4-8-21/h2-17,28H,18-19H2,1H3,(H,32,33). The highest BCUT2D eigenvalue weighted by Crippen LogP contribution is 2.53. The van der Waals surface area contributed by atoms with Crippen LogP contribution in [0, 0.1) is 6.92 Å². The van der Waals surface area contributed by atoms with E-state index in [1.807, 2.05) is 54.6 Å². The number of thiophene rings is 1. The highest BCUT2D eigenvalue weighted by atomic mass is 32.1. The van der Waals surface area contributed by atoms with Crippen molar-refractivity contribution in [2.75, 3.05) is 5.32 Å². The van der Waals surface area contributed by atoms with Crippen molar-refractivity contribution in [3.05, 3.63) is 129 Å². The summed E-state index contributed by atoms with van der Waals surface area (Å²) in [4.78, 5) is 29.0. The molecule has 4 nitrogen and oxygen atoms in total. The van der Waals surface area contributed by atoms with Gasteiger partial charge >= 0.3 is 5.97 Å². The normalized spacial score (nSPS) is 19.6. The maximum Gasteiger partial charge on any atom is 0.338 e. The molecule has 0 fully saturated rings. The number of rotatable bonds is 6. The van der Waals surface area contributed by atoms with Crippen LogP contribution in [0.15, 0.2) is 91.0 Å². The van der Waals surface area contributed by atoms with Crippen molar-refractivity contribution in [2.24, 2.45) is 0 Å². The molecular formula is C31H25NO3S. The van der Waals surface area contributed by atoms with Gasteiger partial charge in [-0.15, -0.1) is 11.3 Å². The van der Waals surface area contributed by atoms with Crippen molar-refractivity contribution in [1.82, 2.24) is 0 Å². The minimum Gasteiger partial charge on any atom is -0.457 e. The van der Waals surface area contributed by atoms with Crippen molar-refractivity contribution in [3.63, 3.8) is 0 Å². The number of hydrogen-bond acceptors (Lipinski definition) is 4. The second kappa shape index (κ2) is 8.92. The van der Waals surface area contributed by atoms with E-state index in [0.29, 0.717) is 12.0 Å². The Hall–Kier alpha value is -3.96. The first-order valence-electron chi connectivity index (χ1n) is 12.0. The van der Waals surface area contributed by atoms with Crippen molar-refractivity contribution in [2.45, 2.75) is 31.3 Å². The zero-order valence-corrected chi connectivity index (χ0v) is 20.7. The molecule has 2 atom stereocenters. The summed E-state index contributed by atoms with van der Waals surface area (Å²) in [5, 5.41) is 3.07. The number of anilines is 1. The number of allylic oxidation sites excluding steroid dienone is 1. The van der Waals surface area contributed by atoms with E-state index < -0.39 is 17.3 Å². The van der Waals surface area contributed by atoms with Crippen molar-refractivity contribution in [3.8, 4) is 0 Å². The molecular weight excluding hydrogens is 466 g/mol. The van der Waals surface area contributed by atoms with Crippen LogP contribution in [-0.4, -0.2) is 11.9 Å². The van der Waals surface area contributed by atoms with Crippen LogP contribution in [0.25, 0.3) is 6.08 Å². The first-order chi connectivity index (χ1) is 17.5. The summed E-state index contributed by atoms with van der Waals surface area (Å²) < 4.78 is 5.58. The number of amides is 1. The molecule has 5 heteroatoms. The van der Waals surface area contributed by atoms with E-state index >= 15 is 0 Å². The number of fused-ring (bicyclic) bond motifs is 2. The molecule has 178 valence electrons. The van der Waals surface area contributed by atoms with Gasteiger partial charge in [0, 0.05) is 20.9 Å². The van der Waals surface area contributed by atoms with Gasteiger partial charge in [-0.2, -0.15) is 0 Å². The second-order valence-corrected chi connectivity index (χ2v) is 10.8. The molecule has 6 rings (SSSR count). The Morgan fingerprint density at radius 2 is 1.81 bits per heavy atom. The fourth-order valence-electron chi connectivity index (χ4n) is 5.48. The number of esters is 1. The van der Waals surface area contributed by atoms with Gasteiger partial charge in [0.1, 0.15) is 6.61 Å². The molecule has 0 spiro atoms. The van der Waals surface area contributed by atoms with Gasteiger partial charge in [0.15, 0.2) is 0 Å². The SMILES string of the molecule is Cc1ccc(CC2(C3C(=O)Nc4ccc(C(=O)OCc5ccccc5)cc43)C=Cc3ccccc32)s1. The predicted molar refractivity (Wildman–Crippen MR) is 143 cm³/mol. The Labute approximate surface area is 214 Å². The summed E-state index contributed by atoms with van der Waals surface area (Å²) >= 11 is 1.76. The van der Waals surface area contributed by atoms with E-state index in [-0.39, 0.29) is 12.5 Å². The van der Waals surface area contributed by atoms with Crippen molar-refractivity contribution in [1.29, 1.82) is 0 Å². The lowest BCUT2D eigenvalue weighted by Crippen LogP contribution is -2.36. The van der Waals surface area contributed by atoms with Crippen LogP contribution >= 0.6 is 11.3 Å². The van der Waals surface area contributed by atoms with E-state index in [4.69, 9.17) is 4.74 Å². The highest BCUT2D eigenvalue weighted by Gasteiger charge is 2.50. The third-order valence-corrected chi connectivity index (χ3v) is 8.13. The Balaban J connectivity index is 1.38. The number of ether oxygens (including phenoxy) is 1. The van der Waals surface area contributed by atoms with Gasteiger partial charge in [-0.05, 0) is 65.9 Å². The molecule has 1 aliphatic carbocycles. The first kappa shape index (κ1) is 22.5. The van der Waals surface area contributed by atoms with Crippen molar-refractivity contribution >= 4 is 35.0 Å². The Kier molecular flexibility index (Phi) is 5.57. The molecule has 3 aromatic carbocycles. The smallest absolute Gasteiger partial charge is 0.338 e. The van der Waals surface area contributed by atoms with Gasteiger partial charge in [-0.25, -0.2) is 4.79 Å². The van der Waals surface area contributed by atoms with Crippen LogP contribution in [0.2, 0.25) is 0 Å². The molecule has 4 aromatic rings. The second-order valence-electron chi connectivity index (χ2n) is 9.44. The topological polar surface area (TPSA) is 55.4 Å². The Morgan fingerprint density at radius 3 is 2.61 bits per heavy atom. The molecule has 0 saturated heterocycles. The third kappa shape index (κ3) is 3.86. The van der Waals surface area contributed by atoms with Crippen LogP contribution in [-0.2, 0) is 28.0 Å². The maximum atomic E-state index is 13.6. The minimum absolute atomic E-state index is 0.0468. The van der Waals surface area contributed by atoms with E-state index in [1.54, 1.807) is 17.4 Å². The number of nitrogens with one attached hydrogen (secondary N) is 1. The number of aryl methyl sites for hydroxylation is 1. The summed E-state index contributed by atoms with van der Waals surface area (Å²) in [7, 11) is 0. The Morgan fingerprint density at radius 1 is 1.00 bits per heavy atom. The van der Waals surface area contributed by atoms with Crippen LogP contribution in [0.4, 0.5) is 5.69 Å². The van der Waals surface area contributed by atoms with E-state index in [9.17, 15) is 9.59 Å². The zero-order chi connectivity index (χ0) is 24.7. The largest absolute Gasteiger partial charge is 0.457 e. The summed E-state index contributed by atoms with van der Waals surface area (Å²) in [6.45, 7) is 2.30. The molecule has 1 N–H and O–H groups in total. The van der Waals surface area contributed by atoms with Crippen LogP contribution in [0.5, 0.6) is 0 Å². The molecule has 2 aliphatic rings. The number of carbonyl (C=O) groups is 2. The minimum atomic E-state index is -0.546. The number of carbonyl (C=O) groups excluding carboxylic acids is 2. The monoisotopic (exact) mass is 491 g/mol. The lowest BCUT2D eigenvalue weighted by molar-refractivity contribution is -0.118. The van der Waals surface area contributed by atoms with Gasteiger partial charge < -0.3 is 10.1 Å². The van der Waals surface area contributed by atoms with Crippen LogP contribution in [0.1, 0.15) is 48.3 Å². The highest BCUT2D eigenvalue weighted by molar-refractivity contribution is 7.11. The third-order valence-electron chi connectivity index (χ3n) is 7.13. The van der Waals surface area contributed by atoms with E-state index in [0.717, 1.165) is 27.9 Å². The Bertz CT molecular complexity index is 1500. The first-order valence-corrected chi connectivity index (χ1v) is 12.8. The number of hydrogen-bond donors (Lipinski definition) is 1. The summed E-state index contributed by atoms with van der Waals surface area (Å²) in [6, 6.07) is 27.6. The van der Waals surface area contributed by atoms with Gasteiger partial charge in [0.2, 0.25) is 5.91 Å². The van der Waals surface area contributed by atoms with E-state index in [2.05, 4.69) is 48.7 Å². The average Bonchev–Trinajstić information content (AvgIpc) is 3.57. The molecule has 0 radical (unpaired) electrons. The molecule has 2 unspecified atom stereocenters. The average molecular weight is 492 g/mol. The lowest BCUT2D eigenvalue weighted by Gasteiger charge is -2.34.